The fraction of sp³-hybridized carbons (Fsp3) is 0.296. The summed E-state index contributed by atoms with van der Waals surface area (Å²) in [6.07, 6.45) is 2.22. The Morgan fingerprint density at radius 1 is 1.06 bits per heavy atom. The standard InChI is InChI=1S/C27H30N4O2S/c1-5-31(6-2)21-12-13-22(18(3)16-21)30-25-23-19(4)24(34-26(23)29-17-28-25)27(32)33-15-14-20-10-8-7-9-11-20/h7-13,16-17H,5-6,14-15H2,1-4H3,(H,28,29,30). The number of thiophene rings is 1. The van der Waals surface area contributed by atoms with E-state index in [4.69, 9.17) is 4.74 Å². The van der Waals surface area contributed by atoms with Gasteiger partial charge in [0.1, 0.15) is 21.9 Å². The summed E-state index contributed by atoms with van der Waals surface area (Å²) in [6, 6.07) is 16.4. The zero-order chi connectivity index (χ0) is 24.1. The van der Waals surface area contributed by atoms with Gasteiger partial charge in [0.2, 0.25) is 0 Å². The number of hydrogen-bond donors (Lipinski definition) is 1. The Hall–Kier alpha value is -3.45. The average molecular weight is 475 g/mol. The largest absolute Gasteiger partial charge is 0.461 e. The van der Waals surface area contributed by atoms with Gasteiger partial charge in [-0.3, -0.25) is 0 Å². The molecule has 0 spiro atoms. The van der Waals surface area contributed by atoms with Crippen molar-refractivity contribution in [2.75, 3.05) is 29.9 Å². The van der Waals surface area contributed by atoms with Gasteiger partial charge < -0.3 is 15.0 Å². The third kappa shape index (κ3) is 5.04. The maximum absolute atomic E-state index is 12.8. The summed E-state index contributed by atoms with van der Waals surface area (Å²) in [4.78, 5) is 25.4. The molecule has 4 rings (SSSR count). The smallest absolute Gasteiger partial charge is 0.348 e. The number of aryl methyl sites for hydroxylation is 2. The molecular weight excluding hydrogens is 444 g/mol. The lowest BCUT2D eigenvalue weighted by Gasteiger charge is -2.22. The molecule has 2 heterocycles. The van der Waals surface area contributed by atoms with Gasteiger partial charge in [0.25, 0.3) is 0 Å². The predicted molar refractivity (Wildman–Crippen MR) is 141 cm³/mol. The van der Waals surface area contributed by atoms with Crippen molar-refractivity contribution in [1.29, 1.82) is 0 Å². The Kier molecular flexibility index (Phi) is 7.43. The first-order chi connectivity index (χ1) is 16.5. The first-order valence-corrected chi connectivity index (χ1v) is 12.4. The second kappa shape index (κ2) is 10.7. The van der Waals surface area contributed by atoms with E-state index < -0.39 is 0 Å². The average Bonchev–Trinajstić information content (AvgIpc) is 3.19. The van der Waals surface area contributed by atoms with Gasteiger partial charge in [-0.05, 0) is 62.6 Å². The van der Waals surface area contributed by atoms with Gasteiger partial charge in [-0.15, -0.1) is 11.3 Å². The van der Waals surface area contributed by atoms with E-state index in [1.54, 1.807) is 0 Å². The number of carbonyl (C=O) groups excluding carboxylic acids is 1. The van der Waals surface area contributed by atoms with Crippen LogP contribution in [0.4, 0.5) is 17.2 Å². The molecule has 0 unspecified atom stereocenters. The summed E-state index contributed by atoms with van der Waals surface area (Å²) >= 11 is 1.35. The number of aromatic nitrogens is 2. The van der Waals surface area contributed by atoms with Crippen LogP contribution in [0.5, 0.6) is 0 Å². The van der Waals surface area contributed by atoms with E-state index in [0.29, 0.717) is 23.7 Å². The van der Waals surface area contributed by atoms with Crippen molar-refractivity contribution in [3.8, 4) is 0 Å². The highest BCUT2D eigenvalue weighted by atomic mass is 32.1. The highest BCUT2D eigenvalue weighted by Gasteiger charge is 2.21. The van der Waals surface area contributed by atoms with Gasteiger partial charge in [0.05, 0.1) is 12.0 Å². The van der Waals surface area contributed by atoms with Crippen LogP contribution >= 0.6 is 11.3 Å². The predicted octanol–water partition coefficient (Wildman–Crippen LogP) is 6.30. The first kappa shape index (κ1) is 23.7. The van der Waals surface area contributed by atoms with Gasteiger partial charge in [-0.2, -0.15) is 0 Å². The van der Waals surface area contributed by atoms with Crippen molar-refractivity contribution in [1.82, 2.24) is 9.97 Å². The molecule has 6 nitrogen and oxygen atoms in total. The lowest BCUT2D eigenvalue weighted by atomic mass is 10.1. The minimum atomic E-state index is -0.317. The van der Waals surface area contributed by atoms with Crippen molar-refractivity contribution in [3.05, 3.63) is 76.4 Å². The van der Waals surface area contributed by atoms with Crippen LogP contribution in [0.1, 0.15) is 40.2 Å². The molecule has 34 heavy (non-hydrogen) atoms. The number of nitrogens with zero attached hydrogens (tertiary/aromatic N) is 3. The topological polar surface area (TPSA) is 67.3 Å². The number of esters is 1. The zero-order valence-corrected chi connectivity index (χ0v) is 20.9. The molecule has 0 atom stereocenters. The fourth-order valence-electron chi connectivity index (χ4n) is 4.03. The van der Waals surface area contributed by atoms with Crippen molar-refractivity contribution >= 4 is 44.7 Å². The lowest BCUT2D eigenvalue weighted by molar-refractivity contribution is 0.0514. The van der Waals surface area contributed by atoms with Gasteiger partial charge in [-0.1, -0.05) is 30.3 Å². The normalized spacial score (nSPS) is 10.9. The monoisotopic (exact) mass is 474 g/mol. The van der Waals surface area contributed by atoms with Gasteiger partial charge in [0.15, 0.2) is 0 Å². The highest BCUT2D eigenvalue weighted by molar-refractivity contribution is 7.20. The molecule has 0 saturated heterocycles. The summed E-state index contributed by atoms with van der Waals surface area (Å²) in [7, 11) is 0. The van der Waals surface area contributed by atoms with E-state index in [2.05, 4.69) is 59.2 Å². The molecule has 0 saturated carbocycles. The van der Waals surface area contributed by atoms with Gasteiger partial charge in [-0.25, -0.2) is 14.8 Å². The molecular formula is C27H30N4O2S. The molecule has 176 valence electrons. The van der Waals surface area contributed by atoms with E-state index in [-0.39, 0.29) is 5.97 Å². The molecule has 1 N–H and O–H groups in total. The van der Waals surface area contributed by atoms with Crippen LogP contribution in [-0.2, 0) is 11.2 Å². The molecule has 0 aliphatic rings. The van der Waals surface area contributed by atoms with E-state index >= 15 is 0 Å². The summed E-state index contributed by atoms with van der Waals surface area (Å²) in [6.45, 7) is 10.6. The van der Waals surface area contributed by atoms with Crippen LogP contribution in [0.15, 0.2) is 54.9 Å². The fourth-order valence-corrected chi connectivity index (χ4v) is 5.08. The second-order valence-electron chi connectivity index (χ2n) is 8.13. The van der Waals surface area contributed by atoms with Crippen molar-refractivity contribution in [3.63, 3.8) is 0 Å². The molecule has 0 aliphatic heterocycles. The Morgan fingerprint density at radius 3 is 2.53 bits per heavy atom. The Bertz CT molecular complexity index is 1280. The Labute approximate surface area is 204 Å². The second-order valence-corrected chi connectivity index (χ2v) is 9.13. The van der Waals surface area contributed by atoms with E-state index in [1.807, 2.05) is 37.3 Å². The molecule has 2 aromatic heterocycles. The van der Waals surface area contributed by atoms with Crippen molar-refractivity contribution < 1.29 is 9.53 Å². The summed E-state index contributed by atoms with van der Waals surface area (Å²) in [5, 5.41) is 4.32. The van der Waals surface area contributed by atoms with E-state index in [0.717, 1.165) is 45.7 Å². The number of benzene rings is 2. The summed E-state index contributed by atoms with van der Waals surface area (Å²) in [5.74, 6) is 0.378. The SMILES string of the molecule is CCN(CC)c1ccc(Nc2ncnc3sc(C(=O)OCCc4ccccc4)c(C)c23)c(C)c1. The molecule has 2 aromatic carbocycles. The third-order valence-electron chi connectivity index (χ3n) is 5.97. The molecule has 0 bridgehead atoms. The number of ether oxygens (including phenoxy) is 1. The Morgan fingerprint density at radius 2 is 1.82 bits per heavy atom. The quantitative estimate of drug-likeness (QED) is 0.287. The maximum Gasteiger partial charge on any atom is 0.348 e. The molecule has 0 amide bonds. The third-order valence-corrected chi connectivity index (χ3v) is 7.15. The first-order valence-electron chi connectivity index (χ1n) is 11.6. The lowest BCUT2D eigenvalue weighted by Crippen LogP contribution is -2.21. The highest BCUT2D eigenvalue weighted by Crippen LogP contribution is 2.35. The maximum atomic E-state index is 12.8. The molecule has 4 aromatic rings. The minimum Gasteiger partial charge on any atom is -0.461 e. The summed E-state index contributed by atoms with van der Waals surface area (Å²) < 4.78 is 5.57. The molecule has 7 heteroatoms. The van der Waals surface area contributed by atoms with Gasteiger partial charge in [0, 0.05) is 30.9 Å². The van der Waals surface area contributed by atoms with Crippen LogP contribution in [0.3, 0.4) is 0 Å². The van der Waals surface area contributed by atoms with Crippen LogP contribution in [-0.4, -0.2) is 35.6 Å². The van der Waals surface area contributed by atoms with Crippen molar-refractivity contribution in [2.24, 2.45) is 0 Å². The minimum absolute atomic E-state index is 0.317. The number of fused-ring (bicyclic) bond motifs is 1. The molecule has 0 fully saturated rings. The van der Waals surface area contributed by atoms with Crippen LogP contribution in [0.25, 0.3) is 10.2 Å². The summed E-state index contributed by atoms with van der Waals surface area (Å²) in [5.41, 5.74) is 5.29. The van der Waals surface area contributed by atoms with Crippen molar-refractivity contribution in [2.45, 2.75) is 34.1 Å². The van der Waals surface area contributed by atoms with E-state index in [9.17, 15) is 4.79 Å². The molecule has 0 radical (unpaired) electrons. The number of carbonyl (C=O) groups is 1. The number of rotatable bonds is 9. The number of hydrogen-bond acceptors (Lipinski definition) is 7. The van der Waals surface area contributed by atoms with Crippen LogP contribution in [0.2, 0.25) is 0 Å². The number of nitrogens with one attached hydrogen (secondary N) is 1. The van der Waals surface area contributed by atoms with Crippen LogP contribution in [0, 0.1) is 13.8 Å². The number of anilines is 3. The molecule has 0 aliphatic carbocycles. The van der Waals surface area contributed by atoms with Crippen LogP contribution < -0.4 is 10.2 Å². The van der Waals surface area contributed by atoms with Gasteiger partial charge >= 0.3 is 5.97 Å². The van der Waals surface area contributed by atoms with E-state index in [1.165, 1.54) is 23.4 Å². The zero-order valence-electron chi connectivity index (χ0n) is 20.1. The Balaban J connectivity index is 1.54.